The molecule has 0 radical (unpaired) electrons. The lowest BCUT2D eigenvalue weighted by Crippen LogP contribution is -2.46. The van der Waals surface area contributed by atoms with Crippen molar-refractivity contribution in [1.82, 2.24) is 14.9 Å². The minimum atomic E-state index is 0.617. The Morgan fingerprint density at radius 2 is 2.11 bits per heavy atom. The van der Waals surface area contributed by atoms with E-state index >= 15 is 0 Å². The highest BCUT2D eigenvalue weighted by Gasteiger charge is 2.32. The first-order valence-electron chi connectivity index (χ1n) is 7.19. The Bertz CT molecular complexity index is 365. The fourth-order valence-electron chi connectivity index (χ4n) is 3.37. The Morgan fingerprint density at radius 1 is 1.22 bits per heavy atom. The lowest BCUT2D eigenvalue weighted by Gasteiger charge is -2.34. The van der Waals surface area contributed by atoms with E-state index in [4.69, 9.17) is 0 Å². The summed E-state index contributed by atoms with van der Waals surface area (Å²) in [6.45, 7) is 2.38. The molecular weight excluding hydrogens is 242 g/mol. The molecule has 4 heteroatoms. The molecule has 0 bridgehead atoms. The van der Waals surface area contributed by atoms with E-state index in [1.807, 2.05) is 12.5 Å². The van der Waals surface area contributed by atoms with Crippen LogP contribution in [0.2, 0.25) is 0 Å². The van der Waals surface area contributed by atoms with E-state index in [1.165, 1.54) is 37.9 Å². The van der Waals surface area contributed by atoms with Gasteiger partial charge in [0, 0.05) is 35.8 Å². The third-order valence-electron chi connectivity index (χ3n) is 4.42. The van der Waals surface area contributed by atoms with Crippen molar-refractivity contribution in [1.29, 1.82) is 0 Å². The fraction of sp³-hybridized carbons (Fsp3) is 0.786. The van der Waals surface area contributed by atoms with Gasteiger partial charge in [-0.3, -0.25) is 0 Å². The van der Waals surface area contributed by atoms with E-state index < -0.39 is 0 Å². The Labute approximate surface area is 114 Å². The topological polar surface area (TPSA) is 29.9 Å². The van der Waals surface area contributed by atoms with Crippen LogP contribution >= 0.6 is 11.8 Å². The summed E-state index contributed by atoms with van der Waals surface area (Å²) in [7, 11) is 0. The summed E-state index contributed by atoms with van der Waals surface area (Å²) in [5.74, 6) is 1.34. The van der Waals surface area contributed by atoms with Crippen LogP contribution in [0.1, 0.15) is 45.1 Å². The average Bonchev–Trinajstić information content (AvgIpc) is 3.02. The van der Waals surface area contributed by atoms with Gasteiger partial charge in [0.1, 0.15) is 0 Å². The Balaban J connectivity index is 1.64. The van der Waals surface area contributed by atoms with Crippen molar-refractivity contribution in [3.8, 4) is 0 Å². The summed E-state index contributed by atoms with van der Waals surface area (Å²) in [6, 6.07) is 1.97. The molecule has 0 amide bonds. The second kappa shape index (κ2) is 5.66. The predicted molar refractivity (Wildman–Crippen MR) is 77.0 cm³/mol. The Morgan fingerprint density at radius 3 is 2.89 bits per heavy atom. The maximum Gasteiger partial charge on any atom is 0.0949 e. The van der Waals surface area contributed by atoms with Crippen LogP contribution in [0.4, 0.5) is 0 Å². The normalized spacial score (nSPS) is 36.9. The number of hydrogen-bond donors (Lipinski definition) is 1. The zero-order chi connectivity index (χ0) is 12.4. The summed E-state index contributed by atoms with van der Waals surface area (Å²) in [5.41, 5.74) is 0. The van der Waals surface area contributed by atoms with Gasteiger partial charge >= 0.3 is 0 Å². The molecule has 1 aromatic rings. The van der Waals surface area contributed by atoms with Gasteiger partial charge in [-0.1, -0.05) is 6.92 Å². The Hall–Kier alpha value is -0.480. The predicted octanol–water partition coefficient (Wildman–Crippen LogP) is 2.85. The number of nitrogens with zero attached hydrogens (tertiary/aromatic N) is 2. The Kier molecular flexibility index (Phi) is 3.94. The van der Waals surface area contributed by atoms with E-state index in [2.05, 4.69) is 39.8 Å². The molecule has 18 heavy (non-hydrogen) atoms. The molecule has 3 nitrogen and oxygen atoms in total. The zero-order valence-electron chi connectivity index (χ0n) is 11.1. The lowest BCUT2D eigenvalue weighted by atomic mass is 10.0. The fourth-order valence-corrected chi connectivity index (χ4v) is 4.53. The third-order valence-corrected chi connectivity index (χ3v) is 5.80. The van der Waals surface area contributed by atoms with Gasteiger partial charge < -0.3 is 9.88 Å². The van der Waals surface area contributed by atoms with Crippen LogP contribution in [0, 0.1) is 0 Å². The standard InChI is InChI=1S/C14H23N3S/c1-11-12(5-3-9-18-11)16-13-4-2-6-14(13)17-8-7-15-10-17/h7-8,10-14,16H,2-6,9H2,1H3. The first kappa shape index (κ1) is 12.5. The van der Waals surface area contributed by atoms with E-state index in [0.717, 1.165) is 5.25 Å². The van der Waals surface area contributed by atoms with Crippen LogP contribution in [0.25, 0.3) is 0 Å². The summed E-state index contributed by atoms with van der Waals surface area (Å²) in [5, 5.41) is 4.70. The van der Waals surface area contributed by atoms with E-state index in [9.17, 15) is 0 Å². The number of hydrogen-bond acceptors (Lipinski definition) is 3. The average molecular weight is 265 g/mol. The number of imidazole rings is 1. The zero-order valence-corrected chi connectivity index (χ0v) is 11.9. The molecule has 2 aliphatic rings. The van der Waals surface area contributed by atoms with Crippen LogP contribution in [0.15, 0.2) is 18.7 Å². The van der Waals surface area contributed by atoms with Crippen molar-refractivity contribution in [2.75, 3.05) is 5.75 Å². The quantitative estimate of drug-likeness (QED) is 0.911. The van der Waals surface area contributed by atoms with Gasteiger partial charge in [-0.2, -0.15) is 11.8 Å². The molecule has 0 aromatic carbocycles. The van der Waals surface area contributed by atoms with Gasteiger partial charge in [-0.15, -0.1) is 0 Å². The first-order valence-corrected chi connectivity index (χ1v) is 8.24. The van der Waals surface area contributed by atoms with Gasteiger partial charge in [0.15, 0.2) is 0 Å². The third kappa shape index (κ3) is 2.59. The SMILES string of the molecule is CC1SCCCC1NC1CCCC1n1ccnc1. The molecule has 100 valence electrons. The van der Waals surface area contributed by atoms with Crippen molar-refractivity contribution >= 4 is 11.8 Å². The number of thioether (sulfide) groups is 1. The van der Waals surface area contributed by atoms with E-state index in [1.54, 1.807) is 0 Å². The molecule has 3 rings (SSSR count). The smallest absolute Gasteiger partial charge is 0.0949 e. The largest absolute Gasteiger partial charge is 0.333 e. The van der Waals surface area contributed by atoms with E-state index in [-0.39, 0.29) is 0 Å². The van der Waals surface area contributed by atoms with Crippen molar-refractivity contribution in [3.63, 3.8) is 0 Å². The molecule has 1 saturated heterocycles. The van der Waals surface area contributed by atoms with Crippen LogP contribution in [0.5, 0.6) is 0 Å². The van der Waals surface area contributed by atoms with Gasteiger partial charge in [-0.05, 0) is 37.9 Å². The first-order chi connectivity index (χ1) is 8.84. The molecule has 4 atom stereocenters. The van der Waals surface area contributed by atoms with Gasteiger partial charge in [0.25, 0.3) is 0 Å². The molecule has 2 fully saturated rings. The van der Waals surface area contributed by atoms with Crippen molar-refractivity contribution in [2.24, 2.45) is 0 Å². The van der Waals surface area contributed by atoms with Crippen LogP contribution in [-0.2, 0) is 0 Å². The highest BCUT2D eigenvalue weighted by molar-refractivity contribution is 7.99. The molecule has 2 heterocycles. The van der Waals surface area contributed by atoms with Crippen molar-refractivity contribution in [3.05, 3.63) is 18.7 Å². The molecular formula is C14H23N3S. The maximum absolute atomic E-state index is 4.19. The van der Waals surface area contributed by atoms with Crippen LogP contribution in [0.3, 0.4) is 0 Å². The summed E-state index contributed by atoms with van der Waals surface area (Å²) in [4.78, 5) is 4.19. The minimum absolute atomic E-state index is 0.617. The van der Waals surface area contributed by atoms with Gasteiger partial charge in [0.05, 0.1) is 6.33 Å². The summed E-state index contributed by atoms with van der Waals surface area (Å²) >= 11 is 2.13. The molecule has 0 spiro atoms. The second-order valence-corrected chi connectivity index (χ2v) is 7.09. The lowest BCUT2D eigenvalue weighted by molar-refractivity contribution is 0.334. The molecule has 1 aliphatic heterocycles. The highest BCUT2D eigenvalue weighted by Crippen LogP contribution is 2.33. The summed E-state index contributed by atoms with van der Waals surface area (Å²) < 4.78 is 2.30. The van der Waals surface area contributed by atoms with E-state index in [0.29, 0.717) is 18.1 Å². The highest BCUT2D eigenvalue weighted by atomic mass is 32.2. The van der Waals surface area contributed by atoms with Crippen LogP contribution < -0.4 is 5.32 Å². The monoisotopic (exact) mass is 265 g/mol. The molecule has 1 aliphatic carbocycles. The molecule has 1 N–H and O–H groups in total. The van der Waals surface area contributed by atoms with Gasteiger partial charge in [0.2, 0.25) is 0 Å². The molecule has 1 saturated carbocycles. The maximum atomic E-state index is 4.19. The number of nitrogens with one attached hydrogen (secondary N) is 1. The summed E-state index contributed by atoms with van der Waals surface area (Å²) in [6.07, 6.45) is 12.7. The van der Waals surface area contributed by atoms with Crippen molar-refractivity contribution in [2.45, 2.75) is 62.4 Å². The second-order valence-electron chi connectivity index (χ2n) is 5.61. The number of aromatic nitrogens is 2. The van der Waals surface area contributed by atoms with Crippen molar-refractivity contribution < 1.29 is 0 Å². The minimum Gasteiger partial charge on any atom is -0.333 e. The van der Waals surface area contributed by atoms with Crippen LogP contribution in [-0.4, -0.2) is 32.6 Å². The molecule has 4 unspecified atom stereocenters. The van der Waals surface area contributed by atoms with Gasteiger partial charge in [-0.25, -0.2) is 4.98 Å². The number of rotatable bonds is 3. The molecule has 1 aromatic heterocycles.